The fourth-order valence-electron chi connectivity index (χ4n) is 3.18. The highest BCUT2D eigenvalue weighted by Crippen LogP contribution is 2.21. The largest absolute Gasteiger partial charge is 0.423 e. The van der Waals surface area contributed by atoms with Crippen molar-refractivity contribution in [2.75, 3.05) is 4.72 Å². The van der Waals surface area contributed by atoms with E-state index < -0.39 is 21.9 Å². The number of nitrogens with zero attached hydrogens (tertiary/aromatic N) is 1. The van der Waals surface area contributed by atoms with Crippen molar-refractivity contribution in [1.82, 2.24) is 5.43 Å². The smallest absolute Gasteiger partial charge is 0.343 e. The molecule has 37 heavy (non-hydrogen) atoms. The van der Waals surface area contributed by atoms with E-state index in [1.165, 1.54) is 42.6 Å². The lowest BCUT2D eigenvalue weighted by Crippen LogP contribution is -2.21. The monoisotopic (exact) mass is 533 g/mol. The number of benzene rings is 4. The van der Waals surface area contributed by atoms with E-state index >= 15 is 0 Å². The van der Waals surface area contributed by atoms with E-state index in [-0.39, 0.29) is 16.1 Å². The number of hydrogen-bond acceptors (Lipinski definition) is 6. The average Bonchev–Trinajstić information content (AvgIpc) is 2.90. The molecule has 0 saturated carbocycles. The third-order valence-corrected chi connectivity index (χ3v) is 6.65. The van der Waals surface area contributed by atoms with Crippen molar-refractivity contribution in [3.05, 3.63) is 125 Å². The van der Waals surface area contributed by atoms with E-state index in [2.05, 4.69) is 15.2 Å². The van der Waals surface area contributed by atoms with E-state index in [4.69, 9.17) is 16.3 Å². The average molecular weight is 534 g/mol. The number of anilines is 1. The number of nitrogens with one attached hydrogen (secondary N) is 2. The van der Waals surface area contributed by atoms with Crippen LogP contribution in [0.5, 0.6) is 5.75 Å². The van der Waals surface area contributed by atoms with Crippen molar-refractivity contribution < 1.29 is 22.7 Å². The van der Waals surface area contributed by atoms with Crippen molar-refractivity contribution in [1.29, 1.82) is 0 Å². The van der Waals surface area contributed by atoms with Gasteiger partial charge in [0.1, 0.15) is 5.75 Å². The van der Waals surface area contributed by atoms with Gasteiger partial charge in [0, 0.05) is 5.02 Å². The molecular formula is C27H20ClN3O5S. The zero-order valence-corrected chi connectivity index (χ0v) is 20.7. The summed E-state index contributed by atoms with van der Waals surface area (Å²) < 4.78 is 33.2. The van der Waals surface area contributed by atoms with Crippen molar-refractivity contribution in [2.45, 2.75) is 4.90 Å². The van der Waals surface area contributed by atoms with Gasteiger partial charge >= 0.3 is 5.97 Å². The highest BCUT2D eigenvalue weighted by Gasteiger charge is 2.18. The van der Waals surface area contributed by atoms with Crippen LogP contribution in [0.3, 0.4) is 0 Å². The van der Waals surface area contributed by atoms with E-state index in [1.54, 1.807) is 60.7 Å². The Morgan fingerprint density at radius 2 is 1.46 bits per heavy atom. The summed E-state index contributed by atoms with van der Waals surface area (Å²) in [5.74, 6) is -0.726. The molecule has 0 aliphatic carbocycles. The zero-order chi connectivity index (χ0) is 26.3. The summed E-state index contributed by atoms with van der Waals surface area (Å²) in [4.78, 5) is 24.8. The highest BCUT2D eigenvalue weighted by molar-refractivity contribution is 7.92. The van der Waals surface area contributed by atoms with Gasteiger partial charge in [-0.05, 0) is 78.4 Å². The normalized spacial score (nSPS) is 11.2. The minimum Gasteiger partial charge on any atom is -0.423 e. The zero-order valence-electron chi connectivity index (χ0n) is 19.2. The van der Waals surface area contributed by atoms with Crippen molar-refractivity contribution in [3.8, 4) is 5.75 Å². The van der Waals surface area contributed by atoms with Crippen LogP contribution >= 0.6 is 11.6 Å². The number of sulfonamides is 1. The summed E-state index contributed by atoms with van der Waals surface area (Å²) in [6.07, 6.45) is 1.40. The Bertz CT molecular complexity index is 1540. The maximum absolute atomic E-state index is 12.7. The molecule has 4 aromatic rings. The maximum atomic E-state index is 12.7. The van der Waals surface area contributed by atoms with Gasteiger partial charge in [0.25, 0.3) is 15.9 Å². The van der Waals surface area contributed by atoms with Crippen LogP contribution in [0.4, 0.5) is 5.69 Å². The molecule has 0 fully saturated rings. The molecule has 0 aliphatic heterocycles. The molecule has 0 aliphatic rings. The molecule has 0 unspecified atom stereocenters. The molecule has 4 rings (SSSR count). The lowest BCUT2D eigenvalue weighted by Gasteiger charge is -2.11. The molecule has 10 heteroatoms. The molecule has 4 aromatic carbocycles. The summed E-state index contributed by atoms with van der Waals surface area (Å²) in [6.45, 7) is 0. The summed E-state index contributed by atoms with van der Waals surface area (Å²) >= 11 is 5.83. The number of esters is 1. The number of rotatable bonds is 8. The molecule has 0 aromatic heterocycles. The second-order valence-corrected chi connectivity index (χ2v) is 9.75. The predicted octanol–water partition coefficient (Wildman–Crippen LogP) is 5.12. The van der Waals surface area contributed by atoms with E-state index in [0.717, 1.165) is 0 Å². The van der Waals surface area contributed by atoms with E-state index in [0.29, 0.717) is 21.9 Å². The summed E-state index contributed by atoms with van der Waals surface area (Å²) in [5.41, 5.74) is 3.63. The van der Waals surface area contributed by atoms with Gasteiger partial charge < -0.3 is 4.74 Å². The van der Waals surface area contributed by atoms with Gasteiger partial charge in [0.05, 0.1) is 27.9 Å². The van der Waals surface area contributed by atoms with Crippen molar-refractivity contribution in [3.63, 3.8) is 0 Å². The molecule has 0 bridgehead atoms. The number of hydrazone groups is 1. The Labute approximate surface area is 218 Å². The van der Waals surface area contributed by atoms with Crippen LogP contribution in [0, 0.1) is 0 Å². The number of carbonyl (C=O) groups is 2. The van der Waals surface area contributed by atoms with Gasteiger partial charge in [-0.2, -0.15) is 5.10 Å². The number of ether oxygens (including phenoxy) is 1. The number of amides is 1. The van der Waals surface area contributed by atoms with Gasteiger partial charge in [-0.1, -0.05) is 41.9 Å². The van der Waals surface area contributed by atoms with E-state index in [9.17, 15) is 18.0 Å². The summed E-state index contributed by atoms with van der Waals surface area (Å²) in [6, 6.07) is 27.0. The molecule has 0 saturated heterocycles. The molecular weight excluding hydrogens is 514 g/mol. The van der Waals surface area contributed by atoms with Crippen LogP contribution in [-0.2, 0) is 10.0 Å². The third kappa shape index (κ3) is 6.81. The first kappa shape index (κ1) is 25.6. The Kier molecular flexibility index (Phi) is 7.97. The number of carbonyl (C=O) groups excluding carboxylic acids is 2. The van der Waals surface area contributed by atoms with Gasteiger partial charge in [0.2, 0.25) is 0 Å². The number of para-hydroxylation sites is 1. The van der Waals surface area contributed by atoms with E-state index in [1.807, 2.05) is 6.07 Å². The quantitative estimate of drug-likeness (QED) is 0.141. The first-order valence-electron chi connectivity index (χ1n) is 10.9. The number of hydrogen-bond donors (Lipinski definition) is 2. The van der Waals surface area contributed by atoms with Crippen LogP contribution in [0.15, 0.2) is 113 Å². The van der Waals surface area contributed by atoms with Gasteiger partial charge in [-0.25, -0.2) is 18.6 Å². The first-order chi connectivity index (χ1) is 17.8. The lowest BCUT2D eigenvalue weighted by atomic mass is 10.2. The van der Waals surface area contributed by atoms with Gasteiger partial charge in [-0.3, -0.25) is 9.52 Å². The number of halogens is 1. The molecule has 8 nitrogen and oxygen atoms in total. The predicted molar refractivity (Wildman–Crippen MR) is 142 cm³/mol. The van der Waals surface area contributed by atoms with Crippen LogP contribution in [0.1, 0.15) is 26.3 Å². The molecule has 1 amide bonds. The van der Waals surface area contributed by atoms with Crippen LogP contribution in [-0.4, -0.2) is 26.5 Å². The molecule has 2 N–H and O–H groups in total. The topological polar surface area (TPSA) is 114 Å². The fraction of sp³-hybridized carbons (Fsp3) is 0. The molecule has 0 heterocycles. The Morgan fingerprint density at radius 1 is 0.811 bits per heavy atom. The molecule has 186 valence electrons. The SMILES string of the molecule is O=C(Oc1ccc(/C=N/NC(=O)c2ccccc2NS(=O)(=O)c2ccc(Cl)cc2)cc1)c1ccccc1. The van der Waals surface area contributed by atoms with Gasteiger partial charge in [-0.15, -0.1) is 0 Å². The second-order valence-electron chi connectivity index (χ2n) is 7.63. The maximum Gasteiger partial charge on any atom is 0.343 e. The lowest BCUT2D eigenvalue weighted by molar-refractivity contribution is 0.0734. The highest BCUT2D eigenvalue weighted by atomic mass is 35.5. The fourth-order valence-corrected chi connectivity index (χ4v) is 4.38. The summed E-state index contributed by atoms with van der Waals surface area (Å²) in [7, 11) is -3.94. The summed E-state index contributed by atoms with van der Waals surface area (Å²) in [5, 5.41) is 4.34. The minimum atomic E-state index is -3.94. The first-order valence-corrected chi connectivity index (χ1v) is 12.8. The van der Waals surface area contributed by atoms with Crippen LogP contribution in [0.25, 0.3) is 0 Å². The Hall–Kier alpha value is -4.47. The van der Waals surface area contributed by atoms with Crippen molar-refractivity contribution >= 4 is 45.4 Å². The Balaban J connectivity index is 1.39. The molecule has 0 atom stereocenters. The molecule has 0 radical (unpaired) electrons. The Morgan fingerprint density at radius 3 is 2.16 bits per heavy atom. The standard InChI is InChI=1S/C27H20ClN3O5S/c28-21-12-16-23(17-13-21)37(34,35)31-25-9-5-4-8-24(25)26(32)30-29-18-19-10-14-22(15-11-19)36-27(33)20-6-2-1-3-7-20/h1-18,31H,(H,30,32)/b29-18+. The minimum absolute atomic E-state index is 0.00280. The molecule has 0 spiro atoms. The third-order valence-electron chi connectivity index (χ3n) is 5.02. The van der Waals surface area contributed by atoms with Crippen molar-refractivity contribution in [2.24, 2.45) is 5.10 Å². The van der Waals surface area contributed by atoms with Crippen LogP contribution in [0.2, 0.25) is 5.02 Å². The van der Waals surface area contributed by atoms with Crippen LogP contribution < -0.4 is 14.9 Å². The van der Waals surface area contributed by atoms with Gasteiger partial charge in [0.15, 0.2) is 0 Å². The second kappa shape index (κ2) is 11.5.